The largest absolute Gasteiger partial charge is 0.496 e. The number of fused-ring (bicyclic) bond motifs is 1. The topological polar surface area (TPSA) is 56.3 Å². The Morgan fingerprint density at radius 3 is 2.61 bits per heavy atom. The first-order valence-electron chi connectivity index (χ1n) is 10.9. The van der Waals surface area contributed by atoms with E-state index in [1.807, 2.05) is 48.1 Å². The van der Waals surface area contributed by atoms with Gasteiger partial charge in [-0.3, -0.25) is 4.90 Å². The van der Waals surface area contributed by atoms with Crippen LogP contribution in [0.2, 0.25) is 0 Å². The lowest BCUT2D eigenvalue weighted by atomic mass is 10.0. The fourth-order valence-corrected chi connectivity index (χ4v) is 4.17. The summed E-state index contributed by atoms with van der Waals surface area (Å²) in [7, 11) is 3.78. The van der Waals surface area contributed by atoms with Crippen molar-refractivity contribution in [3.8, 4) is 22.9 Å². The van der Waals surface area contributed by atoms with Crippen LogP contribution in [0.15, 0.2) is 83.5 Å². The molecule has 2 heterocycles. The Morgan fingerprint density at radius 1 is 0.970 bits per heavy atom. The second-order valence-corrected chi connectivity index (χ2v) is 8.18. The second kappa shape index (κ2) is 8.92. The maximum atomic E-state index is 6.11. The van der Waals surface area contributed by atoms with Crippen LogP contribution in [0.4, 0.5) is 0 Å². The van der Waals surface area contributed by atoms with Crippen molar-refractivity contribution in [3.05, 3.63) is 96.1 Å². The Balaban J connectivity index is 1.37. The van der Waals surface area contributed by atoms with Gasteiger partial charge in [0.25, 0.3) is 0 Å². The number of oxazole rings is 1. The van der Waals surface area contributed by atoms with Gasteiger partial charge >= 0.3 is 0 Å². The van der Waals surface area contributed by atoms with Crippen LogP contribution in [0, 0.1) is 6.92 Å². The number of hydrogen-bond acceptors (Lipinski definition) is 5. The molecule has 166 valence electrons. The monoisotopic (exact) mass is 438 g/mol. The predicted molar refractivity (Wildman–Crippen MR) is 129 cm³/mol. The molecular weight excluding hydrogens is 412 g/mol. The first-order chi connectivity index (χ1) is 16.1. The van der Waals surface area contributed by atoms with E-state index in [2.05, 4.69) is 53.4 Å². The second-order valence-electron chi connectivity index (χ2n) is 8.18. The molecule has 5 rings (SSSR count). The summed E-state index contributed by atoms with van der Waals surface area (Å²) in [6.07, 6.45) is 3.74. The van der Waals surface area contributed by atoms with Crippen molar-refractivity contribution in [1.82, 2.24) is 19.7 Å². The molecule has 0 aliphatic rings. The van der Waals surface area contributed by atoms with Crippen LogP contribution in [-0.4, -0.2) is 33.8 Å². The molecule has 0 spiro atoms. The van der Waals surface area contributed by atoms with Gasteiger partial charge in [0, 0.05) is 36.4 Å². The van der Waals surface area contributed by atoms with Gasteiger partial charge in [0.1, 0.15) is 11.5 Å². The summed E-state index contributed by atoms with van der Waals surface area (Å²) in [6, 6.07) is 22.5. The molecule has 0 saturated carbocycles. The molecule has 0 N–H and O–H groups in total. The summed E-state index contributed by atoms with van der Waals surface area (Å²) in [4.78, 5) is 7.10. The summed E-state index contributed by atoms with van der Waals surface area (Å²) < 4.78 is 13.5. The Bertz CT molecular complexity index is 1390. The highest BCUT2D eigenvalue weighted by molar-refractivity contribution is 5.98. The fraction of sp³-hybridized carbons (Fsp3) is 0.185. The van der Waals surface area contributed by atoms with E-state index in [1.54, 1.807) is 13.3 Å². The molecule has 6 nitrogen and oxygen atoms in total. The van der Waals surface area contributed by atoms with Gasteiger partial charge in [-0.25, -0.2) is 9.67 Å². The van der Waals surface area contributed by atoms with Crippen molar-refractivity contribution >= 4 is 10.8 Å². The van der Waals surface area contributed by atoms with E-state index in [-0.39, 0.29) is 0 Å². The lowest BCUT2D eigenvalue weighted by Crippen LogP contribution is -2.18. The zero-order chi connectivity index (χ0) is 22.8. The van der Waals surface area contributed by atoms with E-state index in [9.17, 15) is 0 Å². The smallest absolute Gasteiger partial charge is 0.227 e. The van der Waals surface area contributed by atoms with Gasteiger partial charge < -0.3 is 9.15 Å². The zero-order valence-electron chi connectivity index (χ0n) is 19.0. The minimum absolute atomic E-state index is 0.635. The van der Waals surface area contributed by atoms with Crippen molar-refractivity contribution < 1.29 is 9.15 Å². The summed E-state index contributed by atoms with van der Waals surface area (Å²) in [5.74, 6) is 2.31. The minimum Gasteiger partial charge on any atom is -0.496 e. The average molecular weight is 439 g/mol. The van der Waals surface area contributed by atoms with E-state index < -0.39 is 0 Å². The van der Waals surface area contributed by atoms with E-state index in [1.165, 1.54) is 5.56 Å². The number of nitrogens with zero attached hydrogens (tertiary/aromatic N) is 4. The summed E-state index contributed by atoms with van der Waals surface area (Å²) in [5, 5.41) is 6.43. The molecule has 0 radical (unpaired) electrons. The quantitative estimate of drug-likeness (QED) is 0.330. The Hall–Kier alpha value is -3.90. The molecule has 0 amide bonds. The van der Waals surface area contributed by atoms with E-state index in [4.69, 9.17) is 14.1 Å². The fourth-order valence-electron chi connectivity index (χ4n) is 4.17. The van der Waals surface area contributed by atoms with Crippen LogP contribution >= 0.6 is 0 Å². The number of benzene rings is 3. The number of rotatable bonds is 7. The zero-order valence-corrected chi connectivity index (χ0v) is 19.0. The molecule has 6 heteroatoms. The van der Waals surface area contributed by atoms with Crippen LogP contribution in [0.3, 0.4) is 0 Å². The van der Waals surface area contributed by atoms with Crippen LogP contribution in [0.1, 0.15) is 17.0 Å². The lowest BCUT2D eigenvalue weighted by Gasteiger charge is -2.16. The standard InChI is InChI=1S/C27H26N4O2/c1-19-25(18-30(2)17-20-8-6-9-21(16-20)31-15-7-14-28-31)29-27(33-19)24-12-13-26(32-3)23-11-5-4-10-22(23)24/h4-16H,17-18H2,1-3H3. The molecule has 0 atom stereocenters. The number of ether oxygens (including phenoxy) is 1. The number of aryl methyl sites for hydroxylation is 1. The third-order valence-electron chi connectivity index (χ3n) is 5.78. The van der Waals surface area contributed by atoms with Crippen LogP contribution < -0.4 is 4.74 Å². The maximum absolute atomic E-state index is 6.11. The highest BCUT2D eigenvalue weighted by Crippen LogP contribution is 2.34. The summed E-state index contributed by atoms with van der Waals surface area (Å²) >= 11 is 0. The summed E-state index contributed by atoms with van der Waals surface area (Å²) in [5.41, 5.74) is 4.18. The molecule has 5 aromatic rings. The molecule has 3 aromatic carbocycles. The number of methoxy groups -OCH3 is 1. The molecular formula is C27H26N4O2. The first kappa shape index (κ1) is 21.0. The van der Waals surface area contributed by atoms with Gasteiger partial charge in [0.15, 0.2) is 0 Å². The molecule has 0 bridgehead atoms. The van der Waals surface area contributed by atoms with E-state index in [0.29, 0.717) is 12.4 Å². The lowest BCUT2D eigenvalue weighted by molar-refractivity contribution is 0.313. The SMILES string of the molecule is COc1ccc(-c2nc(CN(C)Cc3cccc(-n4cccn4)c3)c(C)o2)c2ccccc12. The van der Waals surface area contributed by atoms with Crippen molar-refractivity contribution in [3.63, 3.8) is 0 Å². The van der Waals surface area contributed by atoms with E-state index >= 15 is 0 Å². The third kappa shape index (κ3) is 4.25. The molecule has 33 heavy (non-hydrogen) atoms. The molecule has 0 saturated heterocycles. The molecule has 0 aliphatic heterocycles. The summed E-state index contributed by atoms with van der Waals surface area (Å²) in [6.45, 7) is 3.46. The van der Waals surface area contributed by atoms with Crippen molar-refractivity contribution in [1.29, 1.82) is 0 Å². The van der Waals surface area contributed by atoms with Crippen LogP contribution in [-0.2, 0) is 13.1 Å². The van der Waals surface area contributed by atoms with Gasteiger partial charge in [-0.2, -0.15) is 5.10 Å². The highest BCUT2D eigenvalue weighted by Gasteiger charge is 2.17. The van der Waals surface area contributed by atoms with Gasteiger partial charge in [-0.1, -0.05) is 36.4 Å². The predicted octanol–water partition coefficient (Wildman–Crippen LogP) is 5.63. The number of aromatic nitrogens is 3. The van der Waals surface area contributed by atoms with Crippen LogP contribution in [0.5, 0.6) is 5.75 Å². The van der Waals surface area contributed by atoms with Crippen molar-refractivity contribution in [2.45, 2.75) is 20.0 Å². The first-order valence-corrected chi connectivity index (χ1v) is 10.9. The van der Waals surface area contributed by atoms with Gasteiger partial charge in [0.2, 0.25) is 5.89 Å². The molecule has 0 aliphatic carbocycles. The minimum atomic E-state index is 0.635. The Morgan fingerprint density at radius 2 is 1.82 bits per heavy atom. The Kier molecular flexibility index (Phi) is 5.67. The molecule has 0 fully saturated rings. The maximum Gasteiger partial charge on any atom is 0.227 e. The van der Waals surface area contributed by atoms with Crippen molar-refractivity contribution in [2.75, 3.05) is 14.2 Å². The normalized spacial score (nSPS) is 11.4. The molecule has 2 aromatic heterocycles. The average Bonchev–Trinajstić information content (AvgIpc) is 3.49. The van der Waals surface area contributed by atoms with Gasteiger partial charge in [-0.15, -0.1) is 0 Å². The van der Waals surface area contributed by atoms with E-state index in [0.717, 1.165) is 45.8 Å². The number of hydrogen-bond donors (Lipinski definition) is 0. The molecule has 0 unspecified atom stereocenters. The highest BCUT2D eigenvalue weighted by atomic mass is 16.5. The van der Waals surface area contributed by atoms with Gasteiger partial charge in [-0.05, 0) is 55.3 Å². The van der Waals surface area contributed by atoms with Crippen molar-refractivity contribution in [2.24, 2.45) is 0 Å². The third-order valence-corrected chi connectivity index (χ3v) is 5.78. The van der Waals surface area contributed by atoms with Gasteiger partial charge in [0.05, 0.1) is 18.5 Å². The van der Waals surface area contributed by atoms with Crippen LogP contribution in [0.25, 0.3) is 27.9 Å². The Labute approximate surface area is 193 Å².